The van der Waals surface area contributed by atoms with E-state index in [9.17, 15) is 4.21 Å². The van der Waals surface area contributed by atoms with E-state index in [1.165, 1.54) is 0 Å². The Morgan fingerprint density at radius 1 is 1.50 bits per heavy atom. The van der Waals surface area contributed by atoms with Crippen LogP contribution in [0.1, 0.15) is 20.3 Å². The summed E-state index contributed by atoms with van der Waals surface area (Å²) in [7, 11) is -0.666. The van der Waals surface area contributed by atoms with Crippen molar-refractivity contribution in [3.05, 3.63) is 0 Å². The molecule has 0 aromatic heterocycles. The average molecular weight is 217 g/mol. The Hall–Kier alpha value is 0.0700. The Kier molecular flexibility index (Phi) is 2.96. The maximum absolute atomic E-state index is 11.8. The van der Waals surface area contributed by atoms with Crippen LogP contribution in [0.4, 0.5) is 0 Å². The van der Waals surface area contributed by atoms with E-state index in [-0.39, 0.29) is 4.75 Å². The van der Waals surface area contributed by atoms with Crippen molar-refractivity contribution in [2.24, 2.45) is 0 Å². The summed E-state index contributed by atoms with van der Waals surface area (Å²) >= 11 is 0. The van der Waals surface area contributed by atoms with Gasteiger partial charge in [-0.3, -0.25) is 9.11 Å². The fourth-order valence-corrected chi connectivity index (χ4v) is 3.08. The molecule has 2 saturated heterocycles. The molecule has 14 heavy (non-hydrogen) atoms. The highest BCUT2D eigenvalue weighted by Gasteiger charge is 2.32. The summed E-state index contributed by atoms with van der Waals surface area (Å²) in [6, 6.07) is 0. The number of epoxide rings is 1. The molecule has 0 aromatic carbocycles. The minimum atomic E-state index is -0.666. The molecule has 2 heterocycles. The van der Waals surface area contributed by atoms with E-state index >= 15 is 0 Å². The van der Waals surface area contributed by atoms with Crippen LogP contribution in [-0.4, -0.2) is 52.0 Å². The summed E-state index contributed by atoms with van der Waals surface area (Å²) in [6.45, 7) is 8.21. The fourth-order valence-electron chi connectivity index (χ4n) is 1.79. The molecule has 0 aromatic rings. The van der Waals surface area contributed by atoms with Gasteiger partial charge < -0.3 is 4.74 Å². The molecule has 0 amide bonds. The highest BCUT2D eigenvalue weighted by molar-refractivity contribution is 7.86. The summed E-state index contributed by atoms with van der Waals surface area (Å²) in [4.78, 5) is 2.39. The standard InChI is InChI=1S/C10H19NO2S/c1-10(2)3-4-11(5-6-14(10)12)7-9-8-13-9/h9H,3-8H2,1-2H3. The molecule has 0 radical (unpaired) electrons. The summed E-state index contributed by atoms with van der Waals surface area (Å²) in [5, 5.41) is 0. The van der Waals surface area contributed by atoms with Gasteiger partial charge in [0.25, 0.3) is 0 Å². The first-order valence-corrected chi connectivity index (χ1v) is 6.62. The van der Waals surface area contributed by atoms with Crippen LogP contribution in [0.2, 0.25) is 0 Å². The quantitative estimate of drug-likeness (QED) is 0.636. The van der Waals surface area contributed by atoms with E-state index in [4.69, 9.17) is 4.74 Å². The molecule has 2 atom stereocenters. The molecule has 82 valence electrons. The minimum absolute atomic E-state index is 0.000835. The molecule has 0 spiro atoms. The van der Waals surface area contributed by atoms with Crippen LogP contribution in [0.25, 0.3) is 0 Å². The summed E-state index contributed by atoms with van der Waals surface area (Å²) in [5.74, 6) is 0.819. The van der Waals surface area contributed by atoms with E-state index in [2.05, 4.69) is 18.7 Å². The normalized spacial score (nSPS) is 37.9. The lowest BCUT2D eigenvalue weighted by Crippen LogP contribution is -2.30. The SMILES string of the molecule is CC1(C)CCN(CC2CO2)CCS1=O. The first kappa shape index (κ1) is 10.6. The van der Waals surface area contributed by atoms with Crippen molar-refractivity contribution < 1.29 is 8.95 Å². The van der Waals surface area contributed by atoms with Gasteiger partial charge in [-0.2, -0.15) is 0 Å². The van der Waals surface area contributed by atoms with Gasteiger partial charge in [0.05, 0.1) is 12.7 Å². The lowest BCUT2D eigenvalue weighted by molar-refractivity contribution is 0.250. The molecule has 3 nitrogen and oxygen atoms in total. The van der Waals surface area contributed by atoms with Gasteiger partial charge in [0.1, 0.15) is 0 Å². The van der Waals surface area contributed by atoms with Gasteiger partial charge >= 0.3 is 0 Å². The van der Waals surface area contributed by atoms with Crippen molar-refractivity contribution in [2.45, 2.75) is 31.1 Å². The van der Waals surface area contributed by atoms with Crippen LogP contribution in [0.3, 0.4) is 0 Å². The van der Waals surface area contributed by atoms with Gasteiger partial charge in [0.2, 0.25) is 0 Å². The molecule has 4 heteroatoms. The molecule has 2 fully saturated rings. The lowest BCUT2D eigenvalue weighted by atomic mass is 10.1. The second-order valence-corrected chi connectivity index (χ2v) is 7.02. The first-order valence-electron chi connectivity index (χ1n) is 5.30. The van der Waals surface area contributed by atoms with Gasteiger partial charge in [0, 0.05) is 34.4 Å². The maximum Gasteiger partial charge on any atom is 0.0936 e. The Labute approximate surface area is 88.3 Å². The fraction of sp³-hybridized carbons (Fsp3) is 1.00. The molecule has 2 rings (SSSR count). The van der Waals surface area contributed by atoms with Crippen molar-refractivity contribution in [1.29, 1.82) is 0 Å². The zero-order valence-corrected chi connectivity index (χ0v) is 9.81. The smallest absolute Gasteiger partial charge is 0.0936 e. The van der Waals surface area contributed by atoms with Crippen LogP contribution >= 0.6 is 0 Å². The Morgan fingerprint density at radius 3 is 2.86 bits per heavy atom. The van der Waals surface area contributed by atoms with Crippen LogP contribution in [0.5, 0.6) is 0 Å². The molecule has 2 unspecified atom stereocenters. The third-order valence-electron chi connectivity index (χ3n) is 3.10. The molecule has 0 aliphatic carbocycles. The molecule has 2 aliphatic heterocycles. The molecular formula is C10H19NO2S. The highest BCUT2D eigenvalue weighted by atomic mass is 32.2. The molecule has 0 bridgehead atoms. The number of ether oxygens (including phenoxy) is 1. The Morgan fingerprint density at radius 2 is 2.21 bits per heavy atom. The number of hydrogen-bond donors (Lipinski definition) is 0. The number of hydrogen-bond acceptors (Lipinski definition) is 3. The largest absolute Gasteiger partial charge is 0.372 e. The lowest BCUT2D eigenvalue weighted by Gasteiger charge is -2.21. The predicted octanol–water partition coefficient (Wildman–Crippen LogP) is 0.618. The highest BCUT2D eigenvalue weighted by Crippen LogP contribution is 2.22. The third kappa shape index (κ3) is 2.55. The van der Waals surface area contributed by atoms with Gasteiger partial charge in [-0.15, -0.1) is 0 Å². The number of nitrogens with zero attached hydrogens (tertiary/aromatic N) is 1. The monoisotopic (exact) mass is 217 g/mol. The minimum Gasteiger partial charge on any atom is -0.372 e. The second kappa shape index (κ2) is 3.91. The topological polar surface area (TPSA) is 32.8 Å². The first-order chi connectivity index (χ1) is 6.58. The van der Waals surface area contributed by atoms with E-state index in [1.807, 2.05) is 0 Å². The Balaban J connectivity index is 1.89. The molecule has 0 N–H and O–H groups in total. The summed E-state index contributed by atoms with van der Waals surface area (Å²) in [6.07, 6.45) is 1.50. The van der Waals surface area contributed by atoms with E-state index in [0.717, 1.165) is 38.4 Å². The van der Waals surface area contributed by atoms with E-state index in [0.29, 0.717) is 6.10 Å². The van der Waals surface area contributed by atoms with Crippen molar-refractivity contribution in [3.8, 4) is 0 Å². The van der Waals surface area contributed by atoms with Crippen molar-refractivity contribution in [1.82, 2.24) is 4.90 Å². The molecular weight excluding hydrogens is 198 g/mol. The Bertz CT molecular complexity index is 238. The molecule has 2 aliphatic rings. The number of rotatable bonds is 2. The van der Waals surface area contributed by atoms with Crippen molar-refractivity contribution in [3.63, 3.8) is 0 Å². The average Bonchev–Trinajstić information content (AvgIpc) is 2.92. The van der Waals surface area contributed by atoms with Crippen LogP contribution in [-0.2, 0) is 15.5 Å². The summed E-state index contributed by atoms with van der Waals surface area (Å²) < 4.78 is 17.0. The van der Waals surface area contributed by atoms with Gasteiger partial charge in [-0.05, 0) is 26.8 Å². The van der Waals surface area contributed by atoms with Crippen LogP contribution in [0.15, 0.2) is 0 Å². The zero-order chi connectivity index (χ0) is 10.2. The van der Waals surface area contributed by atoms with E-state index in [1.54, 1.807) is 0 Å². The third-order valence-corrected chi connectivity index (χ3v) is 5.09. The van der Waals surface area contributed by atoms with Gasteiger partial charge in [-0.1, -0.05) is 0 Å². The van der Waals surface area contributed by atoms with Gasteiger partial charge in [0.15, 0.2) is 0 Å². The van der Waals surface area contributed by atoms with Crippen LogP contribution in [0, 0.1) is 0 Å². The summed E-state index contributed by atoms with van der Waals surface area (Å²) in [5.41, 5.74) is 0. The van der Waals surface area contributed by atoms with Crippen molar-refractivity contribution in [2.75, 3.05) is 32.0 Å². The van der Waals surface area contributed by atoms with E-state index < -0.39 is 10.8 Å². The van der Waals surface area contributed by atoms with Crippen molar-refractivity contribution >= 4 is 10.8 Å². The zero-order valence-electron chi connectivity index (χ0n) is 8.99. The van der Waals surface area contributed by atoms with Gasteiger partial charge in [-0.25, -0.2) is 0 Å². The second-order valence-electron chi connectivity index (χ2n) is 4.82. The predicted molar refractivity (Wildman–Crippen MR) is 57.9 cm³/mol. The molecule has 0 saturated carbocycles. The van der Waals surface area contributed by atoms with Crippen LogP contribution < -0.4 is 0 Å². The maximum atomic E-state index is 11.8.